The van der Waals surface area contributed by atoms with Crippen molar-refractivity contribution < 1.29 is 9.47 Å². The largest absolute Gasteiger partial charge is 0.383 e. The summed E-state index contributed by atoms with van der Waals surface area (Å²) in [5.41, 5.74) is 8.01. The van der Waals surface area contributed by atoms with E-state index in [1.165, 1.54) is 0 Å². The lowest BCUT2D eigenvalue weighted by Gasteiger charge is -2.24. The second kappa shape index (κ2) is 8.03. The highest BCUT2D eigenvalue weighted by atomic mass is 16.5. The number of nitrogens with two attached hydrogens (primary N) is 1. The quantitative estimate of drug-likeness (QED) is 0.826. The molecule has 128 valence electrons. The first-order valence-electron chi connectivity index (χ1n) is 8.11. The Balaban J connectivity index is 1.85. The van der Waals surface area contributed by atoms with Gasteiger partial charge in [0.2, 0.25) is 5.95 Å². The molecule has 3 rings (SSSR count). The topological polar surface area (TPSA) is 86.4 Å². The zero-order valence-corrected chi connectivity index (χ0v) is 13.9. The number of anilines is 2. The Morgan fingerprint density at radius 3 is 3.04 bits per heavy atom. The number of ether oxygens (including phenoxy) is 2. The van der Waals surface area contributed by atoms with Crippen LogP contribution in [0.15, 0.2) is 30.6 Å². The predicted molar refractivity (Wildman–Crippen MR) is 91.8 cm³/mol. The Kier molecular flexibility index (Phi) is 5.55. The van der Waals surface area contributed by atoms with Gasteiger partial charge in [-0.1, -0.05) is 6.07 Å². The summed E-state index contributed by atoms with van der Waals surface area (Å²) in [5, 5.41) is 0. The van der Waals surface area contributed by atoms with E-state index in [-0.39, 0.29) is 5.92 Å². The molecule has 0 spiro atoms. The molecule has 2 N–H and O–H groups in total. The molecule has 1 aliphatic rings. The van der Waals surface area contributed by atoms with Crippen LogP contribution in [0, 0.1) is 0 Å². The van der Waals surface area contributed by atoms with Gasteiger partial charge in [0.1, 0.15) is 5.82 Å². The molecular formula is C17H23N5O2. The van der Waals surface area contributed by atoms with Gasteiger partial charge in [0.25, 0.3) is 0 Å². The highest BCUT2D eigenvalue weighted by Gasteiger charge is 2.21. The summed E-state index contributed by atoms with van der Waals surface area (Å²) in [7, 11) is 1.69. The van der Waals surface area contributed by atoms with Crippen LogP contribution >= 0.6 is 0 Å². The lowest BCUT2D eigenvalue weighted by atomic mass is 10.0. The smallest absolute Gasteiger partial charge is 0.222 e. The van der Waals surface area contributed by atoms with Crippen LogP contribution < -0.4 is 10.6 Å². The van der Waals surface area contributed by atoms with Crippen molar-refractivity contribution in [1.82, 2.24) is 15.0 Å². The molecule has 1 saturated heterocycles. The van der Waals surface area contributed by atoms with Gasteiger partial charge < -0.3 is 20.1 Å². The van der Waals surface area contributed by atoms with Crippen molar-refractivity contribution in [2.45, 2.75) is 18.9 Å². The standard InChI is InChI=1S/C17H23N5O2/c1-23-8-6-22(11-13-3-2-5-19-10-13)16-9-15(20-17(18)21-16)14-4-7-24-12-14/h2-3,5,9-10,14H,4,6-8,11-12H2,1H3,(H2,18,20,21). The van der Waals surface area contributed by atoms with Crippen LogP contribution in [0.2, 0.25) is 0 Å². The number of nitrogen functional groups attached to an aromatic ring is 1. The van der Waals surface area contributed by atoms with Crippen LogP contribution in [0.3, 0.4) is 0 Å². The molecule has 2 aromatic heterocycles. The first kappa shape index (κ1) is 16.6. The summed E-state index contributed by atoms with van der Waals surface area (Å²) >= 11 is 0. The minimum absolute atomic E-state index is 0.289. The van der Waals surface area contributed by atoms with E-state index < -0.39 is 0 Å². The second-order valence-electron chi connectivity index (χ2n) is 5.85. The van der Waals surface area contributed by atoms with Crippen LogP contribution in [0.4, 0.5) is 11.8 Å². The number of methoxy groups -OCH3 is 1. The van der Waals surface area contributed by atoms with E-state index in [9.17, 15) is 0 Å². The third-order valence-electron chi connectivity index (χ3n) is 4.08. The summed E-state index contributed by atoms with van der Waals surface area (Å²) in [6, 6.07) is 5.99. The van der Waals surface area contributed by atoms with Crippen LogP contribution in [0.5, 0.6) is 0 Å². The molecule has 1 fully saturated rings. The van der Waals surface area contributed by atoms with Gasteiger partial charge >= 0.3 is 0 Å². The molecule has 0 radical (unpaired) electrons. The molecule has 3 heterocycles. The molecule has 1 atom stereocenters. The normalized spacial score (nSPS) is 17.1. The zero-order valence-electron chi connectivity index (χ0n) is 13.9. The lowest BCUT2D eigenvalue weighted by molar-refractivity contribution is 0.193. The van der Waals surface area contributed by atoms with Crippen molar-refractivity contribution >= 4 is 11.8 Å². The predicted octanol–water partition coefficient (Wildman–Crippen LogP) is 1.61. The van der Waals surface area contributed by atoms with E-state index >= 15 is 0 Å². The van der Waals surface area contributed by atoms with Crippen molar-refractivity contribution in [3.63, 3.8) is 0 Å². The summed E-state index contributed by atoms with van der Waals surface area (Å²) in [5.74, 6) is 1.39. The maximum atomic E-state index is 5.95. The van der Waals surface area contributed by atoms with Crippen LogP contribution in [0.1, 0.15) is 23.6 Å². The summed E-state index contributed by atoms with van der Waals surface area (Å²) in [4.78, 5) is 15.1. The van der Waals surface area contributed by atoms with Gasteiger partial charge in [0.05, 0.1) is 18.9 Å². The Morgan fingerprint density at radius 1 is 1.42 bits per heavy atom. The van der Waals surface area contributed by atoms with E-state index in [0.717, 1.165) is 30.1 Å². The Bertz CT molecular complexity index is 647. The summed E-state index contributed by atoms with van der Waals surface area (Å²) < 4.78 is 10.7. The molecule has 0 bridgehead atoms. The Hall–Kier alpha value is -2.25. The molecular weight excluding hydrogens is 306 g/mol. The van der Waals surface area contributed by atoms with Gasteiger partial charge in [-0.2, -0.15) is 4.98 Å². The molecule has 0 saturated carbocycles. The number of hydrogen-bond donors (Lipinski definition) is 1. The fourth-order valence-corrected chi connectivity index (χ4v) is 2.80. The number of nitrogens with zero attached hydrogens (tertiary/aromatic N) is 4. The average Bonchev–Trinajstić information content (AvgIpc) is 3.13. The van der Waals surface area contributed by atoms with Gasteiger partial charge in [-0.3, -0.25) is 4.98 Å². The zero-order chi connectivity index (χ0) is 16.8. The van der Waals surface area contributed by atoms with Crippen molar-refractivity contribution in [3.8, 4) is 0 Å². The SMILES string of the molecule is COCCN(Cc1cccnc1)c1cc(C2CCOC2)nc(N)n1. The molecule has 2 aromatic rings. The maximum Gasteiger partial charge on any atom is 0.222 e. The van der Waals surface area contributed by atoms with Crippen LogP contribution in [-0.2, 0) is 16.0 Å². The second-order valence-corrected chi connectivity index (χ2v) is 5.85. The first-order valence-corrected chi connectivity index (χ1v) is 8.11. The van der Waals surface area contributed by atoms with Gasteiger partial charge in [-0.25, -0.2) is 4.98 Å². The summed E-state index contributed by atoms with van der Waals surface area (Å²) in [6.45, 7) is 3.46. The highest BCUT2D eigenvalue weighted by Crippen LogP contribution is 2.27. The molecule has 0 aliphatic carbocycles. The molecule has 0 amide bonds. The lowest BCUT2D eigenvalue weighted by Crippen LogP contribution is -2.28. The van der Waals surface area contributed by atoms with Gasteiger partial charge in [0, 0.05) is 51.2 Å². The Labute approximate surface area is 141 Å². The van der Waals surface area contributed by atoms with Crippen molar-refractivity contribution in [2.24, 2.45) is 0 Å². The Morgan fingerprint density at radius 2 is 2.33 bits per heavy atom. The monoisotopic (exact) mass is 329 g/mol. The fraction of sp³-hybridized carbons (Fsp3) is 0.471. The van der Waals surface area contributed by atoms with Crippen LogP contribution in [-0.4, -0.2) is 48.4 Å². The van der Waals surface area contributed by atoms with Gasteiger partial charge in [-0.15, -0.1) is 0 Å². The van der Waals surface area contributed by atoms with Crippen molar-refractivity contribution in [1.29, 1.82) is 0 Å². The molecule has 7 nitrogen and oxygen atoms in total. The molecule has 1 aliphatic heterocycles. The van der Waals surface area contributed by atoms with Crippen LogP contribution in [0.25, 0.3) is 0 Å². The van der Waals surface area contributed by atoms with Gasteiger partial charge in [-0.05, 0) is 18.1 Å². The minimum Gasteiger partial charge on any atom is -0.383 e. The van der Waals surface area contributed by atoms with Crippen molar-refractivity contribution in [3.05, 3.63) is 41.9 Å². The first-order chi connectivity index (χ1) is 11.8. The number of hydrogen-bond acceptors (Lipinski definition) is 7. The summed E-state index contributed by atoms with van der Waals surface area (Å²) in [6.07, 6.45) is 4.59. The number of rotatable bonds is 7. The van der Waals surface area contributed by atoms with E-state index in [0.29, 0.717) is 32.3 Å². The van der Waals surface area contributed by atoms with E-state index in [1.54, 1.807) is 13.3 Å². The third kappa shape index (κ3) is 4.18. The van der Waals surface area contributed by atoms with E-state index in [4.69, 9.17) is 15.2 Å². The fourth-order valence-electron chi connectivity index (χ4n) is 2.80. The average molecular weight is 329 g/mol. The third-order valence-corrected chi connectivity index (χ3v) is 4.08. The number of aromatic nitrogens is 3. The van der Waals surface area contributed by atoms with E-state index in [2.05, 4.69) is 19.9 Å². The minimum atomic E-state index is 0.289. The number of pyridine rings is 1. The van der Waals surface area contributed by atoms with Crippen molar-refractivity contribution in [2.75, 3.05) is 44.1 Å². The molecule has 0 aromatic carbocycles. The van der Waals surface area contributed by atoms with E-state index in [1.807, 2.05) is 24.4 Å². The molecule has 1 unspecified atom stereocenters. The molecule has 24 heavy (non-hydrogen) atoms. The van der Waals surface area contributed by atoms with Gasteiger partial charge in [0.15, 0.2) is 0 Å². The maximum absolute atomic E-state index is 5.95. The highest BCUT2D eigenvalue weighted by molar-refractivity contribution is 5.45. The molecule has 7 heteroatoms.